The van der Waals surface area contributed by atoms with Crippen LogP contribution < -0.4 is 21.5 Å². The summed E-state index contributed by atoms with van der Waals surface area (Å²) in [6.07, 6.45) is 11.5. The summed E-state index contributed by atoms with van der Waals surface area (Å²) in [6, 6.07) is 21.3. The zero-order valence-corrected chi connectivity index (χ0v) is 62.1. The molecule has 22 nitrogen and oxygen atoms in total. The Morgan fingerprint density at radius 3 is 1.41 bits per heavy atom. The molecule has 100 heavy (non-hydrogen) atoms. The van der Waals surface area contributed by atoms with E-state index in [1.165, 1.54) is 36.7 Å². The van der Waals surface area contributed by atoms with Crippen LogP contribution in [-0.2, 0) is 33.0 Å². The standard InChI is InChI=1S/C16H14Cl2N4O2.C15H12Cl2N4O2.2C12H12Cl2N2O.C11H8Cl2N2O2.2ClH/c1-22-7-9(20-8-22)4-5-19-16(24)13-3-2-10-11(17)6-12(18)15(23)14(10)21-13;16-10-5-11(17)14(22)13-9(10)1-2-12(21-13)15(23)19-4-3-8-6-18-7-20-8;1-16(2)6-7-3-4-8-9(13)5-10(14)12(17)11(8)15-7;1-2-15-6-7-3-4-8-9(13)5-10(14)12(17)11(8)16-7;12-6-3-7(13)10(16)9-8(6)11(17)15(4-14-9)5-1-2-5;;/h2-3,6-8,23H,4-5H2,1H3,(H,19,24);1-2,5-7,22H,3-4H2,(H,18,20)(H,19,23);3-5,17H,6H2,1-2H3;3-5,15,17H,2,6H2,1H3;3-5,16H,1-2H2;2*1H. The van der Waals surface area contributed by atoms with Crippen LogP contribution in [0.1, 0.15) is 69.6 Å². The fourth-order valence-electron chi connectivity index (χ4n) is 9.56. The Morgan fingerprint density at radius 1 is 0.550 bits per heavy atom. The Balaban J connectivity index is 0.000000176. The van der Waals surface area contributed by atoms with E-state index in [1.807, 2.05) is 68.0 Å². The maximum Gasteiger partial charge on any atom is 0.269 e. The molecule has 12 aromatic rings. The molecule has 0 aliphatic heterocycles. The SMILES string of the molecule is CCNCc1ccc2c(Cl)cc(Cl)c(O)c2n1.CN(C)Cc1ccc2c(Cl)cc(Cl)c(O)c2n1.Cl.Cl.Cn1cnc(CCNC(=O)c2ccc3c(Cl)cc(Cl)c(O)c3n2)c1.O=C(NCCc1cnc[nH]1)c1ccc2c(Cl)cc(Cl)c(O)c2n1.O=c1c2c(Cl)cc(Cl)c(O)c2ncn1C1CC1. The van der Waals surface area contributed by atoms with Crippen molar-refractivity contribution in [2.45, 2.75) is 51.7 Å². The Labute approximate surface area is 633 Å². The van der Waals surface area contributed by atoms with E-state index in [9.17, 15) is 39.9 Å². The topological polar surface area (TPSA) is 308 Å². The average molecular weight is 1600 g/mol. The number of hydrogen-bond donors (Lipinski definition) is 9. The quantitative estimate of drug-likeness (QED) is 0.0489. The summed E-state index contributed by atoms with van der Waals surface area (Å²) in [5.74, 6) is -1.33. The summed E-state index contributed by atoms with van der Waals surface area (Å²) < 4.78 is 3.40. The molecule has 1 saturated carbocycles. The molecular formula is C66H60Cl12N14O8. The molecule has 0 unspecified atom stereocenters. The number of nitrogens with zero attached hydrogens (tertiary/aromatic N) is 10. The zero-order valence-electron chi connectivity index (χ0n) is 52.9. The Bertz CT molecular complexity index is 5030. The summed E-state index contributed by atoms with van der Waals surface area (Å²) in [5.41, 5.74) is 5.08. The molecule has 0 spiro atoms. The number of pyridine rings is 4. The van der Waals surface area contributed by atoms with Crippen molar-refractivity contribution in [1.82, 2.24) is 69.9 Å². The third kappa shape index (κ3) is 19.6. The highest BCUT2D eigenvalue weighted by Crippen LogP contribution is 2.41. The molecule has 1 aliphatic carbocycles. The second kappa shape index (κ2) is 36.0. The molecule has 7 aromatic heterocycles. The number of aryl methyl sites for hydroxylation is 1. The molecule has 1 fully saturated rings. The van der Waals surface area contributed by atoms with E-state index < -0.39 is 0 Å². The number of carbonyl (C=O) groups is 2. The second-order valence-corrected chi connectivity index (χ2v) is 26.1. The van der Waals surface area contributed by atoms with Crippen LogP contribution in [0, 0.1) is 0 Å². The van der Waals surface area contributed by atoms with Crippen LogP contribution >= 0.6 is 141 Å². The summed E-state index contributed by atoms with van der Waals surface area (Å²) in [6.45, 7) is 5.09. The van der Waals surface area contributed by atoms with Crippen LogP contribution in [0.25, 0.3) is 54.5 Å². The molecule has 13 rings (SSSR count). The monoisotopic (exact) mass is 1600 g/mol. The Morgan fingerprint density at radius 2 is 0.980 bits per heavy atom. The van der Waals surface area contributed by atoms with E-state index in [0.717, 1.165) is 42.2 Å². The van der Waals surface area contributed by atoms with E-state index in [2.05, 4.69) is 55.8 Å². The third-order valence-corrected chi connectivity index (χ3v) is 17.6. The smallest absolute Gasteiger partial charge is 0.269 e. The fourth-order valence-corrected chi connectivity index (χ4v) is 12.2. The van der Waals surface area contributed by atoms with E-state index in [0.29, 0.717) is 91.7 Å². The van der Waals surface area contributed by atoms with Gasteiger partial charge in [0.2, 0.25) is 0 Å². The number of fused-ring (bicyclic) bond motifs is 5. The van der Waals surface area contributed by atoms with Crippen LogP contribution in [0.4, 0.5) is 0 Å². The molecule has 526 valence electrons. The predicted octanol–water partition coefficient (Wildman–Crippen LogP) is 16.1. The molecule has 1 aliphatic rings. The van der Waals surface area contributed by atoms with Gasteiger partial charge < -0.3 is 55.9 Å². The van der Waals surface area contributed by atoms with Gasteiger partial charge in [-0.15, -0.1) is 24.8 Å². The first-order valence-corrected chi connectivity index (χ1v) is 33.3. The number of imidazole rings is 2. The first kappa shape index (κ1) is 80.0. The maximum atomic E-state index is 12.2. The van der Waals surface area contributed by atoms with Gasteiger partial charge in [-0.1, -0.05) is 123 Å². The van der Waals surface area contributed by atoms with Crippen molar-refractivity contribution in [2.75, 3.05) is 33.7 Å². The summed E-state index contributed by atoms with van der Waals surface area (Å²) in [7, 11) is 5.80. The fraction of sp³-hybridized carbons (Fsp3) is 0.212. The lowest BCUT2D eigenvalue weighted by atomic mass is 10.2. The first-order valence-electron chi connectivity index (χ1n) is 29.6. The minimum atomic E-state index is -0.345. The van der Waals surface area contributed by atoms with Crippen LogP contribution in [0.15, 0.2) is 115 Å². The molecule has 0 bridgehead atoms. The number of amides is 2. The van der Waals surface area contributed by atoms with Gasteiger partial charge in [0.1, 0.15) is 39.0 Å². The molecule has 0 atom stereocenters. The Kier molecular flexibility index (Phi) is 28.8. The molecule has 0 radical (unpaired) electrons. The lowest BCUT2D eigenvalue weighted by molar-refractivity contribution is 0.0941. The highest BCUT2D eigenvalue weighted by atomic mass is 35.5. The third-order valence-electron chi connectivity index (χ3n) is 14.6. The average Bonchev–Trinajstić information content (AvgIpc) is 1.41. The molecular weight excluding hydrogens is 1540 g/mol. The van der Waals surface area contributed by atoms with Gasteiger partial charge in [0.05, 0.1) is 91.7 Å². The van der Waals surface area contributed by atoms with Crippen LogP contribution in [0.2, 0.25) is 50.2 Å². The highest BCUT2D eigenvalue weighted by Gasteiger charge is 2.27. The van der Waals surface area contributed by atoms with E-state index in [4.69, 9.17) is 116 Å². The van der Waals surface area contributed by atoms with Gasteiger partial charge in [-0.3, -0.25) is 19.0 Å². The van der Waals surface area contributed by atoms with Gasteiger partial charge in [0.15, 0.2) is 28.7 Å². The van der Waals surface area contributed by atoms with Crippen molar-refractivity contribution >= 4 is 207 Å². The van der Waals surface area contributed by atoms with Gasteiger partial charge in [-0.25, -0.2) is 34.9 Å². The lowest BCUT2D eigenvalue weighted by Gasteiger charge is -2.11. The number of hydrogen-bond acceptors (Lipinski definition) is 17. The molecule has 0 saturated heterocycles. The van der Waals surface area contributed by atoms with Crippen molar-refractivity contribution in [3.63, 3.8) is 0 Å². The number of phenols is 5. The Hall–Kier alpha value is -7.36. The molecule has 7 heterocycles. The minimum Gasteiger partial charge on any atom is -0.504 e. The molecule has 34 heteroatoms. The minimum absolute atomic E-state index is 0. The molecule has 5 aromatic carbocycles. The van der Waals surface area contributed by atoms with E-state index >= 15 is 0 Å². The van der Waals surface area contributed by atoms with Crippen molar-refractivity contribution in [3.8, 4) is 28.7 Å². The number of carbonyl (C=O) groups excluding carboxylic acids is 2. The number of aromatic amines is 1. The summed E-state index contributed by atoms with van der Waals surface area (Å²) in [4.78, 5) is 70.7. The van der Waals surface area contributed by atoms with Gasteiger partial charge in [0.25, 0.3) is 17.4 Å². The summed E-state index contributed by atoms with van der Waals surface area (Å²) in [5, 5.41) is 63.5. The first-order chi connectivity index (χ1) is 46.7. The lowest BCUT2D eigenvalue weighted by Crippen LogP contribution is -2.26. The second-order valence-electron chi connectivity index (χ2n) is 22.1. The van der Waals surface area contributed by atoms with Crippen molar-refractivity contribution < 1.29 is 35.1 Å². The van der Waals surface area contributed by atoms with Crippen LogP contribution in [-0.4, -0.2) is 125 Å². The zero-order chi connectivity index (χ0) is 70.8. The molecule has 9 N–H and O–H groups in total. The number of nitrogens with one attached hydrogen (secondary N) is 4. The summed E-state index contributed by atoms with van der Waals surface area (Å²) >= 11 is 59.5. The van der Waals surface area contributed by atoms with Gasteiger partial charge >= 0.3 is 0 Å². The van der Waals surface area contributed by atoms with E-state index in [1.54, 1.807) is 47.7 Å². The normalized spacial score (nSPS) is 11.6. The number of phenolic OH excluding ortho intramolecular Hbond substituents is 5. The number of aromatic nitrogens is 10. The number of halogens is 12. The number of aromatic hydroxyl groups is 5. The van der Waals surface area contributed by atoms with E-state index in [-0.39, 0.29) is 140 Å². The van der Waals surface area contributed by atoms with Crippen molar-refractivity contribution in [2.24, 2.45) is 7.05 Å². The highest BCUT2D eigenvalue weighted by molar-refractivity contribution is 6.42. The van der Waals surface area contributed by atoms with Gasteiger partial charge in [-0.2, -0.15) is 0 Å². The van der Waals surface area contributed by atoms with Gasteiger partial charge in [0, 0.05) is 91.7 Å². The largest absolute Gasteiger partial charge is 0.504 e. The maximum absolute atomic E-state index is 12.2. The van der Waals surface area contributed by atoms with Crippen LogP contribution in [0.5, 0.6) is 28.7 Å². The van der Waals surface area contributed by atoms with Gasteiger partial charge in [-0.05, 0) is 112 Å². The molecule has 2 amide bonds. The van der Waals surface area contributed by atoms with Crippen LogP contribution in [0.3, 0.4) is 0 Å². The number of rotatable bonds is 14. The van der Waals surface area contributed by atoms with Crippen molar-refractivity contribution in [1.29, 1.82) is 0 Å². The number of benzene rings is 5. The van der Waals surface area contributed by atoms with Crippen molar-refractivity contribution in [3.05, 3.63) is 205 Å². The predicted molar refractivity (Wildman–Crippen MR) is 403 cm³/mol. The number of H-pyrrole nitrogens is 1.